The predicted molar refractivity (Wildman–Crippen MR) is 76.1 cm³/mol. The summed E-state index contributed by atoms with van der Waals surface area (Å²) in [6, 6.07) is 9.87. The lowest BCUT2D eigenvalue weighted by atomic mass is 10.1. The molecule has 5 heteroatoms. The monoisotopic (exact) mass is 277 g/mol. The van der Waals surface area contributed by atoms with Crippen LogP contribution in [0.5, 0.6) is 0 Å². The number of aromatic nitrogens is 2. The third-order valence-electron chi connectivity index (χ3n) is 2.67. The Morgan fingerprint density at radius 3 is 2.74 bits per heavy atom. The molecule has 0 unspecified atom stereocenters. The zero-order valence-electron chi connectivity index (χ0n) is 10.8. The van der Waals surface area contributed by atoms with Crippen LogP contribution in [-0.2, 0) is 17.9 Å². The summed E-state index contributed by atoms with van der Waals surface area (Å²) in [4.78, 5) is 7.96. The van der Waals surface area contributed by atoms with Crippen molar-refractivity contribution in [3.63, 3.8) is 0 Å². The minimum absolute atomic E-state index is 0.431. The second-order valence-corrected chi connectivity index (χ2v) is 4.37. The molecule has 2 rings (SSSR count). The Morgan fingerprint density at radius 2 is 2.00 bits per heavy atom. The maximum atomic E-state index is 5.82. The van der Waals surface area contributed by atoms with E-state index in [9.17, 15) is 0 Å². The molecule has 1 N–H and O–H groups in total. The van der Waals surface area contributed by atoms with Gasteiger partial charge in [0.1, 0.15) is 17.3 Å². The van der Waals surface area contributed by atoms with Crippen LogP contribution in [0.1, 0.15) is 18.1 Å². The number of anilines is 1. The SMILES string of the molecule is CCOCc1ccccc1CNc1cc(Cl)ncn1. The van der Waals surface area contributed by atoms with Crippen LogP contribution in [0.2, 0.25) is 5.15 Å². The first-order chi connectivity index (χ1) is 9.29. The van der Waals surface area contributed by atoms with Crippen molar-refractivity contribution >= 4 is 17.4 Å². The Bertz CT molecular complexity index is 534. The Kier molecular flexibility index (Phi) is 5.12. The summed E-state index contributed by atoms with van der Waals surface area (Å²) in [5.74, 6) is 0.714. The molecule has 1 heterocycles. The first-order valence-electron chi connectivity index (χ1n) is 6.15. The minimum atomic E-state index is 0.431. The second-order valence-electron chi connectivity index (χ2n) is 3.99. The van der Waals surface area contributed by atoms with Crippen LogP contribution in [0.25, 0.3) is 0 Å². The van der Waals surface area contributed by atoms with Gasteiger partial charge in [-0.25, -0.2) is 9.97 Å². The Morgan fingerprint density at radius 1 is 1.21 bits per heavy atom. The van der Waals surface area contributed by atoms with E-state index in [4.69, 9.17) is 16.3 Å². The smallest absolute Gasteiger partial charge is 0.134 e. The van der Waals surface area contributed by atoms with Crippen molar-refractivity contribution < 1.29 is 4.74 Å². The first-order valence-corrected chi connectivity index (χ1v) is 6.53. The quantitative estimate of drug-likeness (QED) is 0.823. The van der Waals surface area contributed by atoms with E-state index >= 15 is 0 Å². The lowest BCUT2D eigenvalue weighted by molar-refractivity contribution is 0.133. The van der Waals surface area contributed by atoms with Gasteiger partial charge in [0, 0.05) is 19.2 Å². The summed E-state index contributed by atoms with van der Waals surface area (Å²) in [5.41, 5.74) is 2.36. The van der Waals surface area contributed by atoms with Gasteiger partial charge in [0.15, 0.2) is 0 Å². The van der Waals surface area contributed by atoms with Gasteiger partial charge in [-0.15, -0.1) is 0 Å². The number of benzene rings is 1. The maximum Gasteiger partial charge on any atom is 0.134 e. The van der Waals surface area contributed by atoms with Gasteiger partial charge in [-0.05, 0) is 18.1 Å². The lowest BCUT2D eigenvalue weighted by Gasteiger charge is -2.11. The van der Waals surface area contributed by atoms with Crippen LogP contribution in [0.15, 0.2) is 36.7 Å². The van der Waals surface area contributed by atoms with Gasteiger partial charge in [0.25, 0.3) is 0 Å². The molecule has 100 valence electrons. The molecule has 0 bridgehead atoms. The van der Waals surface area contributed by atoms with Crippen molar-refractivity contribution in [1.29, 1.82) is 0 Å². The molecule has 0 aliphatic carbocycles. The van der Waals surface area contributed by atoms with Crippen molar-refractivity contribution in [1.82, 2.24) is 9.97 Å². The molecule has 0 fully saturated rings. The zero-order valence-corrected chi connectivity index (χ0v) is 11.5. The highest BCUT2D eigenvalue weighted by Crippen LogP contribution is 2.14. The van der Waals surface area contributed by atoms with Crippen molar-refractivity contribution in [2.24, 2.45) is 0 Å². The Balaban J connectivity index is 2.02. The maximum absolute atomic E-state index is 5.82. The van der Waals surface area contributed by atoms with Crippen LogP contribution in [0, 0.1) is 0 Å². The Labute approximate surface area is 117 Å². The summed E-state index contributed by atoms with van der Waals surface area (Å²) in [5, 5.41) is 3.66. The van der Waals surface area contributed by atoms with Crippen molar-refractivity contribution in [3.05, 3.63) is 52.9 Å². The van der Waals surface area contributed by atoms with Crippen molar-refractivity contribution in [2.75, 3.05) is 11.9 Å². The van der Waals surface area contributed by atoms with E-state index in [1.165, 1.54) is 17.5 Å². The van der Waals surface area contributed by atoms with Crippen LogP contribution < -0.4 is 5.32 Å². The second kappa shape index (κ2) is 7.07. The summed E-state index contributed by atoms with van der Waals surface area (Å²) < 4.78 is 5.46. The largest absolute Gasteiger partial charge is 0.377 e. The van der Waals surface area contributed by atoms with Gasteiger partial charge < -0.3 is 10.1 Å². The molecule has 0 radical (unpaired) electrons. The van der Waals surface area contributed by atoms with Crippen molar-refractivity contribution in [2.45, 2.75) is 20.1 Å². The highest BCUT2D eigenvalue weighted by atomic mass is 35.5. The molecule has 1 aromatic heterocycles. The van der Waals surface area contributed by atoms with Crippen LogP contribution >= 0.6 is 11.6 Å². The number of nitrogens with one attached hydrogen (secondary N) is 1. The molecule has 0 atom stereocenters. The number of nitrogens with zero attached hydrogens (tertiary/aromatic N) is 2. The molecule has 0 aliphatic heterocycles. The third-order valence-corrected chi connectivity index (χ3v) is 2.88. The van der Waals surface area contributed by atoms with Gasteiger partial charge in [-0.3, -0.25) is 0 Å². The van der Waals surface area contributed by atoms with Gasteiger partial charge in [-0.1, -0.05) is 35.9 Å². The first kappa shape index (κ1) is 13.8. The number of ether oxygens (including phenoxy) is 1. The Hall–Kier alpha value is -1.65. The van der Waals surface area contributed by atoms with E-state index in [0.29, 0.717) is 30.7 Å². The molecular weight excluding hydrogens is 262 g/mol. The predicted octanol–water partition coefficient (Wildman–Crippen LogP) is 3.28. The molecule has 1 aromatic carbocycles. The normalized spacial score (nSPS) is 10.4. The molecule has 19 heavy (non-hydrogen) atoms. The molecule has 4 nitrogen and oxygen atoms in total. The molecule has 0 spiro atoms. The molecule has 0 amide bonds. The summed E-state index contributed by atoms with van der Waals surface area (Å²) in [6.07, 6.45) is 1.44. The molecule has 0 saturated carbocycles. The van der Waals surface area contributed by atoms with E-state index < -0.39 is 0 Å². The number of halogens is 1. The molecular formula is C14H16ClN3O. The van der Waals surface area contributed by atoms with Crippen molar-refractivity contribution in [3.8, 4) is 0 Å². The highest BCUT2D eigenvalue weighted by Gasteiger charge is 2.02. The van der Waals surface area contributed by atoms with Crippen LogP contribution in [-0.4, -0.2) is 16.6 Å². The van der Waals surface area contributed by atoms with Crippen LogP contribution in [0.3, 0.4) is 0 Å². The summed E-state index contributed by atoms with van der Waals surface area (Å²) >= 11 is 5.82. The standard InChI is InChI=1S/C14H16ClN3O/c1-2-19-9-12-6-4-3-5-11(12)8-16-14-7-13(15)17-10-18-14/h3-7,10H,2,8-9H2,1H3,(H,16,17,18). The highest BCUT2D eigenvalue weighted by molar-refractivity contribution is 6.29. The lowest BCUT2D eigenvalue weighted by Crippen LogP contribution is -2.05. The van der Waals surface area contributed by atoms with E-state index in [1.54, 1.807) is 6.07 Å². The van der Waals surface area contributed by atoms with Gasteiger partial charge in [-0.2, -0.15) is 0 Å². The van der Waals surface area contributed by atoms with Gasteiger partial charge in [0.05, 0.1) is 6.61 Å². The number of hydrogen-bond donors (Lipinski definition) is 1. The fourth-order valence-electron chi connectivity index (χ4n) is 1.70. The van der Waals surface area contributed by atoms with E-state index in [-0.39, 0.29) is 0 Å². The molecule has 2 aromatic rings. The summed E-state index contributed by atoms with van der Waals surface area (Å²) in [6.45, 7) is 4.00. The number of hydrogen-bond acceptors (Lipinski definition) is 4. The molecule has 0 aliphatic rings. The van der Waals surface area contributed by atoms with E-state index in [0.717, 1.165) is 0 Å². The summed E-state index contributed by atoms with van der Waals surface area (Å²) in [7, 11) is 0. The fraction of sp³-hybridized carbons (Fsp3) is 0.286. The fourth-order valence-corrected chi connectivity index (χ4v) is 1.85. The number of rotatable bonds is 6. The van der Waals surface area contributed by atoms with Gasteiger partial charge in [0.2, 0.25) is 0 Å². The van der Waals surface area contributed by atoms with E-state index in [2.05, 4.69) is 27.4 Å². The topological polar surface area (TPSA) is 47.0 Å². The van der Waals surface area contributed by atoms with Crippen LogP contribution in [0.4, 0.5) is 5.82 Å². The molecule has 0 saturated heterocycles. The van der Waals surface area contributed by atoms with Gasteiger partial charge >= 0.3 is 0 Å². The average Bonchev–Trinajstić information content (AvgIpc) is 2.44. The van der Waals surface area contributed by atoms with E-state index in [1.807, 2.05) is 19.1 Å². The minimum Gasteiger partial charge on any atom is -0.377 e. The average molecular weight is 278 g/mol. The third kappa shape index (κ3) is 4.19. The zero-order chi connectivity index (χ0) is 13.5.